The maximum atomic E-state index is 13.5. The van der Waals surface area contributed by atoms with Gasteiger partial charge >= 0.3 is 0 Å². The Hall–Kier alpha value is -3.85. The summed E-state index contributed by atoms with van der Waals surface area (Å²) in [5.74, 6) is 0.515. The fourth-order valence-corrected chi connectivity index (χ4v) is 4.18. The van der Waals surface area contributed by atoms with Crippen molar-refractivity contribution >= 4 is 17.0 Å². The van der Waals surface area contributed by atoms with E-state index in [0.29, 0.717) is 6.04 Å². The van der Waals surface area contributed by atoms with Crippen LogP contribution in [0.25, 0.3) is 33.8 Å². The van der Waals surface area contributed by atoms with Crippen molar-refractivity contribution in [3.63, 3.8) is 0 Å². The van der Waals surface area contributed by atoms with Crippen LogP contribution in [0.2, 0.25) is 0 Å². The van der Waals surface area contributed by atoms with E-state index < -0.39 is 0 Å². The van der Waals surface area contributed by atoms with E-state index in [2.05, 4.69) is 20.7 Å². The minimum atomic E-state index is -0.337. The molecule has 9 heteroatoms. The van der Waals surface area contributed by atoms with Gasteiger partial charge in [-0.3, -0.25) is 0 Å². The fraction of sp³-hybridized carbons (Fsp3) is 0.217. The number of pyridine rings is 2. The van der Waals surface area contributed by atoms with Gasteiger partial charge in [-0.15, -0.1) is 0 Å². The lowest BCUT2D eigenvalue weighted by atomic mass is 10.1. The van der Waals surface area contributed by atoms with Crippen molar-refractivity contribution in [1.82, 2.24) is 34.5 Å². The Labute approximate surface area is 183 Å². The molecule has 6 rings (SSSR count). The highest BCUT2D eigenvalue weighted by Gasteiger charge is 2.16. The zero-order valence-electron chi connectivity index (χ0n) is 17.2. The summed E-state index contributed by atoms with van der Waals surface area (Å²) < 4.78 is 16.8. The molecule has 1 fully saturated rings. The van der Waals surface area contributed by atoms with E-state index in [0.717, 1.165) is 65.6 Å². The van der Waals surface area contributed by atoms with E-state index >= 15 is 0 Å². The molecule has 5 aromatic rings. The summed E-state index contributed by atoms with van der Waals surface area (Å²) in [7, 11) is 0. The highest BCUT2D eigenvalue weighted by molar-refractivity contribution is 5.78. The quantitative estimate of drug-likeness (QED) is 0.456. The summed E-state index contributed by atoms with van der Waals surface area (Å²) in [5, 5.41) is 16.0. The van der Waals surface area contributed by atoms with Gasteiger partial charge in [0.1, 0.15) is 17.3 Å². The fourth-order valence-electron chi connectivity index (χ4n) is 4.18. The smallest absolute Gasteiger partial charge is 0.154 e. The van der Waals surface area contributed by atoms with E-state index in [-0.39, 0.29) is 5.82 Å². The van der Waals surface area contributed by atoms with Crippen LogP contribution >= 0.6 is 0 Å². The summed E-state index contributed by atoms with van der Waals surface area (Å²) >= 11 is 0. The molecule has 0 amide bonds. The third-order valence-electron chi connectivity index (χ3n) is 5.82. The molecule has 0 radical (unpaired) electrons. The molecule has 6 heterocycles. The lowest BCUT2D eigenvalue weighted by Crippen LogP contribution is -2.35. The number of nitrogens with zero attached hydrogens (tertiary/aromatic N) is 6. The summed E-state index contributed by atoms with van der Waals surface area (Å²) in [5.41, 5.74) is 4.65. The number of nitrogens with one attached hydrogen (secondary N) is 2. The number of piperidine rings is 1. The van der Waals surface area contributed by atoms with Gasteiger partial charge in [0, 0.05) is 11.6 Å². The molecule has 32 heavy (non-hydrogen) atoms. The molecule has 0 spiro atoms. The van der Waals surface area contributed by atoms with Gasteiger partial charge in [-0.05, 0) is 62.3 Å². The molecule has 0 unspecified atom stereocenters. The second kappa shape index (κ2) is 7.69. The van der Waals surface area contributed by atoms with Crippen LogP contribution in [0, 0.1) is 5.82 Å². The van der Waals surface area contributed by atoms with Gasteiger partial charge < -0.3 is 10.6 Å². The molecule has 0 atom stereocenters. The Balaban J connectivity index is 1.38. The predicted octanol–water partition coefficient (Wildman–Crippen LogP) is 3.41. The topological polar surface area (TPSA) is 84.4 Å². The van der Waals surface area contributed by atoms with Crippen molar-refractivity contribution in [1.29, 1.82) is 0 Å². The standard InChI is InChI=1S/C23H21FN8/c24-15-4-6-20-17(12-27-31(20)14-15)18-5-7-23-26-13-21(32(23)30-18)19-2-1-3-22(29-19)28-16-8-10-25-11-9-16/h1-7,12-14,16,25H,8-11H2,(H,28,29). The molecule has 160 valence electrons. The minimum absolute atomic E-state index is 0.337. The van der Waals surface area contributed by atoms with Gasteiger partial charge in [0.25, 0.3) is 0 Å². The van der Waals surface area contributed by atoms with Crippen LogP contribution in [0.4, 0.5) is 10.2 Å². The predicted molar refractivity (Wildman–Crippen MR) is 120 cm³/mol. The minimum Gasteiger partial charge on any atom is -0.367 e. The van der Waals surface area contributed by atoms with Gasteiger partial charge in [0.2, 0.25) is 0 Å². The average Bonchev–Trinajstić information content (AvgIpc) is 3.43. The summed E-state index contributed by atoms with van der Waals surface area (Å²) in [4.78, 5) is 9.32. The molecule has 1 aliphatic heterocycles. The first-order valence-corrected chi connectivity index (χ1v) is 10.7. The van der Waals surface area contributed by atoms with E-state index in [1.165, 1.54) is 16.8 Å². The second-order valence-corrected chi connectivity index (χ2v) is 7.94. The molecule has 8 nitrogen and oxygen atoms in total. The highest BCUT2D eigenvalue weighted by atomic mass is 19.1. The highest BCUT2D eigenvalue weighted by Crippen LogP contribution is 2.26. The second-order valence-electron chi connectivity index (χ2n) is 7.94. The Morgan fingerprint density at radius 1 is 1.00 bits per heavy atom. The maximum Gasteiger partial charge on any atom is 0.154 e. The van der Waals surface area contributed by atoms with Crippen LogP contribution in [0.15, 0.2) is 61.1 Å². The maximum absolute atomic E-state index is 13.5. The molecule has 0 saturated carbocycles. The third-order valence-corrected chi connectivity index (χ3v) is 5.82. The zero-order chi connectivity index (χ0) is 21.5. The number of imidazole rings is 1. The first kappa shape index (κ1) is 18.9. The van der Waals surface area contributed by atoms with Crippen LogP contribution < -0.4 is 10.6 Å². The van der Waals surface area contributed by atoms with Crippen molar-refractivity contribution in [3.05, 3.63) is 66.9 Å². The molecule has 5 aromatic heterocycles. The molecule has 0 bridgehead atoms. The van der Waals surface area contributed by atoms with Gasteiger partial charge in [0.15, 0.2) is 5.65 Å². The molecular weight excluding hydrogens is 407 g/mol. The number of hydrogen-bond acceptors (Lipinski definition) is 6. The molecule has 1 saturated heterocycles. The Morgan fingerprint density at radius 2 is 1.91 bits per heavy atom. The summed E-state index contributed by atoms with van der Waals surface area (Å²) in [6.07, 6.45) is 6.99. The van der Waals surface area contributed by atoms with E-state index in [1.54, 1.807) is 23.0 Å². The Kier molecular flexibility index (Phi) is 4.53. The van der Waals surface area contributed by atoms with Crippen LogP contribution in [-0.4, -0.2) is 48.3 Å². The third kappa shape index (κ3) is 3.36. The van der Waals surface area contributed by atoms with Gasteiger partial charge in [0.05, 0.1) is 35.5 Å². The van der Waals surface area contributed by atoms with Gasteiger partial charge in [-0.25, -0.2) is 23.4 Å². The first-order chi connectivity index (χ1) is 15.7. The van der Waals surface area contributed by atoms with Crippen molar-refractivity contribution in [3.8, 4) is 22.6 Å². The van der Waals surface area contributed by atoms with Crippen LogP contribution in [0.1, 0.15) is 12.8 Å². The lowest BCUT2D eigenvalue weighted by Gasteiger charge is -2.24. The number of anilines is 1. The van der Waals surface area contributed by atoms with Crippen molar-refractivity contribution in [2.24, 2.45) is 0 Å². The summed E-state index contributed by atoms with van der Waals surface area (Å²) in [6, 6.07) is 13.3. The number of halogens is 1. The zero-order valence-corrected chi connectivity index (χ0v) is 17.2. The van der Waals surface area contributed by atoms with E-state index in [9.17, 15) is 4.39 Å². The monoisotopic (exact) mass is 428 g/mol. The number of aromatic nitrogens is 6. The van der Waals surface area contributed by atoms with Crippen molar-refractivity contribution in [2.75, 3.05) is 18.4 Å². The largest absolute Gasteiger partial charge is 0.367 e. The number of rotatable bonds is 4. The average molecular weight is 428 g/mol. The lowest BCUT2D eigenvalue weighted by molar-refractivity contribution is 0.478. The van der Waals surface area contributed by atoms with E-state index in [1.807, 2.05) is 30.3 Å². The molecule has 0 aliphatic carbocycles. The normalized spacial score (nSPS) is 14.9. The molecule has 0 aromatic carbocycles. The number of hydrogen-bond donors (Lipinski definition) is 2. The van der Waals surface area contributed by atoms with Crippen molar-refractivity contribution in [2.45, 2.75) is 18.9 Å². The van der Waals surface area contributed by atoms with Crippen LogP contribution in [-0.2, 0) is 0 Å². The van der Waals surface area contributed by atoms with E-state index in [4.69, 9.17) is 10.1 Å². The number of fused-ring (bicyclic) bond motifs is 2. The van der Waals surface area contributed by atoms with Crippen LogP contribution in [0.3, 0.4) is 0 Å². The first-order valence-electron chi connectivity index (χ1n) is 10.7. The van der Waals surface area contributed by atoms with Crippen LogP contribution in [0.5, 0.6) is 0 Å². The van der Waals surface area contributed by atoms with Gasteiger partial charge in [-0.1, -0.05) is 6.07 Å². The van der Waals surface area contributed by atoms with Crippen molar-refractivity contribution < 1.29 is 4.39 Å². The van der Waals surface area contributed by atoms with Gasteiger partial charge in [-0.2, -0.15) is 10.2 Å². The Morgan fingerprint density at radius 3 is 2.81 bits per heavy atom. The SMILES string of the molecule is Fc1ccc2c(-c3ccc4ncc(-c5cccc(NC6CCNCC6)n5)n4n3)cnn2c1. The Bertz CT molecular complexity index is 1420. The molecule has 1 aliphatic rings. The molecule has 2 N–H and O–H groups in total. The summed E-state index contributed by atoms with van der Waals surface area (Å²) in [6.45, 7) is 2.04. The molecular formula is C23H21FN8.